The van der Waals surface area contributed by atoms with E-state index in [1.54, 1.807) is 6.20 Å². The smallest absolute Gasteiger partial charge is 0.279 e. The van der Waals surface area contributed by atoms with Crippen LogP contribution in [0.4, 0.5) is 0 Å². The van der Waals surface area contributed by atoms with Crippen LogP contribution in [-0.2, 0) is 6.42 Å². The molecule has 0 saturated heterocycles. The molecule has 132 valence electrons. The molecule has 0 fully saturated rings. The van der Waals surface area contributed by atoms with E-state index in [9.17, 15) is 0 Å². The van der Waals surface area contributed by atoms with E-state index in [1.807, 2.05) is 37.7 Å². The standard InChI is InChI=1S/C20H22N5O/c1-23(2)20(24(3)4)26-25-13-19(21-22-25)15-9-10-18-16(12-15)11-14-7-5-6-8-17(14)18/h5-10,12-13H,11H2,1-4H3/q+1. The van der Waals surface area contributed by atoms with Gasteiger partial charge in [0, 0.05) is 5.56 Å². The molecule has 1 aliphatic rings. The Labute approximate surface area is 152 Å². The van der Waals surface area contributed by atoms with E-state index >= 15 is 0 Å². The van der Waals surface area contributed by atoms with E-state index in [1.165, 1.54) is 27.1 Å². The molecule has 0 amide bonds. The summed E-state index contributed by atoms with van der Waals surface area (Å²) in [6.07, 6.45) is 2.76. The first-order chi connectivity index (χ1) is 12.5. The number of benzene rings is 2. The van der Waals surface area contributed by atoms with Crippen molar-refractivity contribution < 1.29 is 9.41 Å². The largest absolute Gasteiger partial charge is 0.471 e. The molecular formula is C20H22N5O+. The third-order valence-corrected chi connectivity index (χ3v) is 4.50. The average molecular weight is 348 g/mol. The quantitative estimate of drug-likeness (QED) is 0.316. The lowest BCUT2D eigenvalue weighted by atomic mass is 10.0. The van der Waals surface area contributed by atoms with Crippen molar-refractivity contribution in [3.05, 3.63) is 59.8 Å². The van der Waals surface area contributed by atoms with E-state index < -0.39 is 0 Å². The number of amidine groups is 1. The molecule has 0 N–H and O–H groups in total. The minimum atomic E-state index is 0.672. The Bertz CT molecular complexity index is 999. The first kappa shape index (κ1) is 16.3. The molecular weight excluding hydrogens is 326 g/mol. The Morgan fingerprint density at radius 1 is 1.08 bits per heavy atom. The maximum Gasteiger partial charge on any atom is 0.471 e. The Morgan fingerprint density at radius 3 is 2.62 bits per heavy atom. The van der Waals surface area contributed by atoms with Gasteiger partial charge in [-0.3, -0.25) is 4.84 Å². The van der Waals surface area contributed by atoms with Crippen molar-refractivity contribution >= 4 is 6.02 Å². The zero-order valence-electron chi connectivity index (χ0n) is 15.5. The van der Waals surface area contributed by atoms with Crippen LogP contribution in [0.5, 0.6) is 0 Å². The highest BCUT2D eigenvalue weighted by atomic mass is 16.7. The summed E-state index contributed by atoms with van der Waals surface area (Å²) in [5.74, 6) is 0. The first-order valence-corrected chi connectivity index (χ1v) is 8.57. The minimum Gasteiger partial charge on any atom is -0.279 e. The molecule has 2 aromatic carbocycles. The van der Waals surface area contributed by atoms with E-state index in [2.05, 4.69) is 52.8 Å². The average Bonchev–Trinajstić information content (AvgIpc) is 3.22. The van der Waals surface area contributed by atoms with Crippen molar-refractivity contribution in [3.63, 3.8) is 0 Å². The Morgan fingerprint density at radius 2 is 1.85 bits per heavy atom. The van der Waals surface area contributed by atoms with Crippen LogP contribution in [0.2, 0.25) is 0 Å². The summed E-state index contributed by atoms with van der Waals surface area (Å²) in [5.41, 5.74) is 7.18. The highest BCUT2D eigenvalue weighted by Crippen LogP contribution is 2.38. The molecule has 3 aromatic rings. The number of fused-ring (bicyclic) bond motifs is 3. The van der Waals surface area contributed by atoms with Gasteiger partial charge in [0.15, 0.2) is 0 Å². The van der Waals surface area contributed by atoms with E-state index in [-0.39, 0.29) is 0 Å². The summed E-state index contributed by atoms with van der Waals surface area (Å²) in [4.78, 5) is 9.07. The zero-order chi connectivity index (χ0) is 18.3. The number of nitrogens with zero attached hydrogens (tertiary/aromatic N) is 5. The fraction of sp³-hybridized carbons (Fsp3) is 0.250. The highest BCUT2D eigenvalue weighted by Gasteiger charge is 2.20. The van der Waals surface area contributed by atoms with Crippen LogP contribution in [0.3, 0.4) is 0 Å². The number of aromatic nitrogens is 3. The van der Waals surface area contributed by atoms with Crippen LogP contribution >= 0.6 is 0 Å². The van der Waals surface area contributed by atoms with E-state index in [0.29, 0.717) is 6.02 Å². The fourth-order valence-corrected chi connectivity index (χ4v) is 3.38. The number of rotatable bonds is 2. The van der Waals surface area contributed by atoms with Gasteiger partial charge in [-0.2, -0.15) is 0 Å². The molecule has 6 nitrogen and oxygen atoms in total. The summed E-state index contributed by atoms with van der Waals surface area (Å²) in [6, 6.07) is 15.7. The molecule has 26 heavy (non-hydrogen) atoms. The molecule has 0 atom stereocenters. The summed E-state index contributed by atoms with van der Waals surface area (Å²) in [5, 5.41) is 8.37. The molecule has 0 saturated carbocycles. The topological polar surface area (TPSA) is 46.2 Å². The lowest BCUT2D eigenvalue weighted by molar-refractivity contribution is -0.480. The molecule has 0 aliphatic heterocycles. The van der Waals surface area contributed by atoms with Crippen LogP contribution < -0.4 is 4.84 Å². The molecule has 0 unspecified atom stereocenters. The molecule has 1 aliphatic carbocycles. The molecule has 1 aromatic heterocycles. The highest BCUT2D eigenvalue weighted by molar-refractivity contribution is 5.79. The second-order valence-corrected chi connectivity index (χ2v) is 6.87. The second-order valence-electron chi connectivity index (χ2n) is 6.87. The van der Waals surface area contributed by atoms with Crippen LogP contribution in [0.1, 0.15) is 11.1 Å². The van der Waals surface area contributed by atoms with E-state index in [0.717, 1.165) is 17.7 Å². The van der Waals surface area contributed by atoms with Crippen molar-refractivity contribution in [3.8, 4) is 22.4 Å². The van der Waals surface area contributed by atoms with Gasteiger partial charge in [0.1, 0.15) is 5.69 Å². The predicted octanol–water partition coefficient (Wildman–Crippen LogP) is 2.13. The lowest BCUT2D eigenvalue weighted by Crippen LogP contribution is -2.38. The van der Waals surface area contributed by atoms with Crippen LogP contribution in [0, 0.1) is 0 Å². The third kappa shape index (κ3) is 2.83. The zero-order valence-corrected chi connectivity index (χ0v) is 15.5. The molecule has 0 radical (unpaired) electrons. The summed E-state index contributed by atoms with van der Waals surface area (Å²) in [6.45, 7) is 0. The van der Waals surface area contributed by atoms with Crippen LogP contribution in [-0.4, -0.2) is 58.8 Å². The SMILES string of the molecule is CN(C)C(On1cc(-c2ccc3c(c2)Cc2ccccc2-3)nn1)=[N+](C)C. The Hall–Kier alpha value is -3.15. The van der Waals surface area contributed by atoms with Gasteiger partial charge in [-0.05, 0) is 40.0 Å². The van der Waals surface area contributed by atoms with Crippen molar-refractivity contribution in [2.24, 2.45) is 0 Å². The van der Waals surface area contributed by atoms with Crippen LogP contribution in [0.25, 0.3) is 22.4 Å². The van der Waals surface area contributed by atoms with Crippen molar-refractivity contribution in [2.45, 2.75) is 6.42 Å². The Kier molecular flexibility index (Phi) is 3.95. The first-order valence-electron chi connectivity index (χ1n) is 8.57. The monoisotopic (exact) mass is 348 g/mol. The predicted molar refractivity (Wildman–Crippen MR) is 101 cm³/mol. The lowest BCUT2D eigenvalue weighted by Gasteiger charge is -2.09. The van der Waals surface area contributed by atoms with Crippen molar-refractivity contribution in [1.29, 1.82) is 0 Å². The number of hydrogen-bond donors (Lipinski definition) is 0. The third-order valence-electron chi connectivity index (χ3n) is 4.50. The van der Waals surface area contributed by atoms with Gasteiger partial charge < -0.3 is 0 Å². The molecule has 6 heteroatoms. The second kappa shape index (κ2) is 6.29. The minimum absolute atomic E-state index is 0.672. The fourth-order valence-electron chi connectivity index (χ4n) is 3.38. The van der Waals surface area contributed by atoms with Gasteiger partial charge in [-0.1, -0.05) is 41.2 Å². The van der Waals surface area contributed by atoms with Crippen molar-refractivity contribution in [1.82, 2.24) is 20.1 Å². The molecule has 1 heterocycles. The van der Waals surface area contributed by atoms with Gasteiger partial charge in [0.2, 0.25) is 0 Å². The van der Waals surface area contributed by atoms with Crippen LogP contribution in [0.15, 0.2) is 48.7 Å². The maximum atomic E-state index is 5.79. The normalized spacial score (nSPS) is 11.7. The van der Waals surface area contributed by atoms with Gasteiger partial charge in [0.25, 0.3) is 0 Å². The molecule has 0 spiro atoms. The maximum absolute atomic E-state index is 5.79. The molecule has 0 bridgehead atoms. The van der Waals surface area contributed by atoms with Crippen molar-refractivity contribution in [2.75, 3.05) is 28.2 Å². The van der Waals surface area contributed by atoms with Gasteiger partial charge in [0.05, 0.1) is 34.4 Å². The summed E-state index contributed by atoms with van der Waals surface area (Å²) < 4.78 is 1.88. The van der Waals surface area contributed by atoms with E-state index in [4.69, 9.17) is 4.84 Å². The summed E-state index contributed by atoms with van der Waals surface area (Å²) >= 11 is 0. The number of hydrogen-bond acceptors (Lipinski definition) is 3. The molecule has 4 rings (SSSR count). The van der Waals surface area contributed by atoms with Gasteiger partial charge >= 0.3 is 6.02 Å². The van der Waals surface area contributed by atoms with Gasteiger partial charge in [-0.25, -0.2) is 9.48 Å². The Balaban J connectivity index is 1.62. The van der Waals surface area contributed by atoms with Gasteiger partial charge in [-0.15, -0.1) is 5.10 Å². The summed E-state index contributed by atoms with van der Waals surface area (Å²) in [7, 11) is 7.69.